The van der Waals surface area contributed by atoms with Gasteiger partial charge in [-0.2, -0.15) is 5.10 Å². The Morgan fingerprint density at radius 3 is 2.92 bits per heavy atom. The van der Waals surface area contributed by atoms with E-state index in [9.17, 15) is 4.79 Å². The first-order valence-corrected chi connectivity index (χ1v) is 8.39. The number of benzene rings is 1. The molecule has 2 aromatic heterocycles. The number of nitrogens with one attached hydrogen (secondary N) is 2. The molecule has 0 bridgehead atoms. The molecule has 0 radical (unpaired) electrons. The number of rotatable bonds is 5. The largest absolute Gasteiger partial charge is 0.369 e. The molecule has 0 saturated carbocycles. The SMILES string of the molecule is O=C(NCCN1CCc2ccccc21)c1cc(-c2ccccn2)n[nH]1. The summed E-state index contributed by atoms with van der Waals surface area (Å²) in [5.74, 6) is -0.151. The fraction of sp³-hybridized carbons (Fsp3) is 0.211. The Balaban J connectivity index is 1.34. The van der Waals surface area contributed by atoms with E-state index >= 15 is 0 Å². The van der Waals surface area contributed by atoms with Crippen LogP contribution in [0, 0.1) is 0 Å². The van der Waals surface area contributed by atoms with E-state index in [4.69, 9.17) is 0 Å². The number of hydrogen-bond donors (Lipinski definition) is 2. The van der Waals surface area contributed by atoms with Crippen LogP contribution in [0.2, 0.25) is 0 Å². The zero-order chi connectivity index (χ0) is 17.1. The fourth-order valence-electron chi connectivity index (χ4n) is 3.12. The van der Waals surface area contributed by atoms with E-state index in [-0.39, 0.29) is 5.91 Å². The van der Waals surface area contributed by atoms with Crippen molar-refractivity contribution in [2.24, 2.45) is 0 Å². The lowest BCUT2D eigenvalue weighted by molar-refractivity contribution is 0.0949. The second-order valence-electron chi connectivity index (χ2n) is 6.00. The minimum atomic E-state index is -0.151. The van der Waals surface area contributed by atoms with Crippen molar-refractivity contribution < 1.29 is 4.79 Å². The number of carbonyl (C=O) groups excluding carboxylic acids is 1. The van der Waals surface area contributed by atoms with Crippen LogP contribution >= 0.6 is 0 Å². The molecule has 6 heteroatoms. The molecule has 3 heterocycles. The van der Waals surface area contributed by atoms with Gasteiger partial charge >= 0.3 is 0 Å². The van der Waals surface area contributed by atoms with Gasteiger partial charge in [-0.1, -0.05) is 24.3 Å². The summed E-state index contributed by atoms with van der Waals surface area (Å²) < 4.78 is 0. The minimum absolute atomic E-state index is 0.151. The highest BCUT2D eigenvalue weighted by molar-refractivity contribution is 5.93. The summed E-state index contributed by atoms with van der Waals surface area (Å²) in [6.07, 6.45) is 2.77. The molecule has 2 N–H and O–H groups in total. The number of nitrogens with zero attached hydrogens (tertiary/aromatic N) is 3. The number of amides is 1. The number of hydrogen-bond acceptors (Lipinski definition) is 4. The molecule has 0 saturated heterocycles. The molecule has 3 aromatic rings. The van der Waals surface area contributed by atoms with Crippen LogP contribution in [-0.4, -0.2) is 40.7 Å². The summed E-state index contributed by atoms with van der Waals surface area (Å²) in [5, 5.41) is 9.90. The van der Waals surface area contributed by atoms with Gasteiger partial charge in [0.05, 0.1) is 5.69 Å². The highest BCUT2D eigenvalue weighted by atomic mass is 16.1. The van der Waals surface area contributed by atoms with E-state index in [1.807, 2.05) is 18.2 Å². The number of carbonyl (C=O) groups is 1. The highest BCUT2D eigenvalue weighted by Crippen LogP contribution is 2.26. The molecule has 0 fully saturated rings. The van der Waals surface area contributed by atoms with Gasteiger partial charge in [-0.25, -0.2) is 0 Å². The van der Waals surface area contributed by atoms with Crippen LogP contribution in [0.1, 0.15) is 16.1 Å². The molecule has 6 nitrogen and oxygen atoms in total. The topological polar surface area (TPSA) is 73.9 Å². The lowest BCUT2D eigenvalue weighted by atomic mass is 10.2. The summed E-state index contributed by atoms with van der Waals surface area (Å²) in [4.78, 5) is 18.8. The molecule has 4 rings (SSSR count). The number of pyridine rings is 1. The van der Waals surface area contributed by atoms with Gasteiger partial charge in [0.2, 0.25) is 0 Å². The molecule has 0 atom stereocenters. The lowest BCUT2D eigenvalue weighted by Gasteiger charge is -2.19. The molecule has 1 amide bonds. The Morgan fingerprint density at radius 1 is 1.16 bits per heavy atom. The zero-order valence-corrected chi connectivity index (χ0v) is 13.8. The number of para-hydroxylation sites is 1. The van der Waals surface area contributed by atoms with Crippen molar-refractivity contribution in [3.05, 3.63) is 66.0 Å². The summed E-state index contributed by atoms with van der Waals surface area (Å²) in [7, 11) is 0. The summed E-state index contributed by atoms with van der Waals surface area (Å²) >= 11 is 0. The van der Waals surface area contributed by atoms with E-state index in [0.29, 0.717) is 17.9 Å². The van der Waals surface area contributed by atoms with Crippen LogP contribution in [-0.2, 0) is 6.42 Å². The molecule has 1 aromatic carbocycles. The van der Waals surface area contributed by atoms with E-state index < -0.39 is 0 Å². The number of fused-ring (bicyclic) bond motifs is 1. The second-order valence-corrected chi connectivity index (χ2v) is 6.00. The molecule has 0 spiro atoms. The Bertz CT molecular complexity index is 874. The Morgan fingerprint density at radius 2 is 2.04 bits per heavy atom. The van der Waals surface area contributed by atoms with E-state index in [2.05, 4.69) is 49.7 Å². The highest BCUT2D eigenvalue weighted by Gasteiger charge is 2.18. The third kappa shape index (κ3) is 3.24. The molecular formula is C19H19N5O. The number of H-pyrrole nitrogens is 1. The Hall–Kier alpha value is -3.15. The summed E-state index contributed by atoms with van der Waals surface area (Å²) in [6, 6.07) is 15.8. The maximum atomic E-state index is 12.3. The number of aromatic nitrogens is 3. The van der Waals surface area contributed by atoms with Gasteiger partial charge in [0.25, 0.3) is 5.91 Å². The van der Waals surface area contributed by atoms with Gasteiger partial charge in [0, 0.05) is 31.5 Å². The number of anilines is 1. The molecule has 126 valence electrons. The predicted molar refractivity (Wildman–Crippen MR) is 96.5 cm³/mol. The smallest absolute Gasteiger partial charge is 0.269 e. The third-order valence-corrected chi connectivity index (χ3v) is 4.40. The van der Waals surface area contributed by atoms with E-state index in [0.717, 1.165) is 25.2 Å². The van der Waals surface area contributed by atoms with Crippen LogP contribution in [0.3, 0.4) is 0 Å². The molecule has 1 aliphatic heterocycles. The first kappa shape index (κ1) is 15.4. The third-order valence-electron chi connectivity index (χ3n) is 4.40. The standard InChI is InChI=1S/C19H19N5O/c25-19(17-13-16(22-23-17)15-6-3-4-9-20-15)21-10-12-24-11-8-14-5-1-2-7-18(14)24/h1-7,9,13H,8,10-12H2,(H,21,25)(H,22,23). The predicted octanol–water partition coefficient (Wildman–Crippen LogP) is 2.26. The lowest BCUT2D eigenvalue weighted by Crippen LogP contribution is -2.34. The first-order chi connectivity index (χ1) is 12.3. The fourth-order valence-corrected chi connectivity index (χ4v) is 3.12. The van der Waals surface area contributed by atoms with E-state index in [1.165, 1.54) is 11.3 Å². The van der Waals surface area contributed by atoms with Crippen molar-refractivity contribution >= 4 is 11.6 Å². The van der Waals surface area contributed by atoms with Gasteiger partial charge in [-0.15, -0.1) is 0 Å². The molecule has 0 unspecified atom stereocenters. The first-order valence-electron chi connectivity index (χ1n) is 8.39. The van der Waals surface area contributed by atoms with Gasteiger partial charge < -0.3 is 10.2 Å². The van der Waals surface area contributed by atoms with Crippen LogP contribution in [0.15, 0.2) is 54.7 Å². The van der Waals surface area contributed by atoms with Crippen molar-refractivity contribution in [3.63, 3.8) is 0 Å². The van der Waals surface area contributed by atoms with Crippen molar-refractivity contribution in [1.82, 2.24) is 20.5 Å². The van der Waals surface area contributed by atoms with Gasteiger partial charge in [0.1, 0.15) is 11.4 Å². The quantitative estimate of drug-likeness (QED) is 0.751. The van der Waals surface area contributed by atoms with Crippen molar-refractivity contribution in [2.75, 3.05) is 24.5 Å². The van der Waals surface area contributed by atoms with Crippen LogP contribution < -0.4 is 10.2 Å². The molecule has 1 aliphatic rings. The van der Waals surface area contributed by atoms with Crippen LogP contribution in [0.25, 0.3) is 11.4 Å². The summed E-state index contributed by atoms with van der Waals surface area (Å²) in [6.45, 7) is 2.39. The normalized spacial score (nSPS) is 12.9. The second kappa shape index (κ2) is 6.76. The Labute approximate surface area is 145 Å². The number of aromatic amines is 1. The van der Waals surface area contributed by atoms with Crippen molar-refractivity contribution in [1.29, 1.82) is 0 Å². The Kier molecular flexibility index (Phi) is 4.16. The van der Waals surface area contributed by atoms with E-state index in [1.54, 1.807) is 12.3 Å². The minimum Gasteiger partial charge on any atom is -0.369 e. The average molecular weight is 333 g/mol. The maximum Gasteiger partial charge on any atom is 0.269 e. The maximum absolute atomic E-state index is 12.3. The monoisotopic (exact) mass is 333 g/mol. The van der Waals surface area contributed by atoms with Gasteiger partial charge in [0.15, 0.2) is 0 Å². The molecule has 25 heavy (non-hydrogen) atoms. The molecule has 0 aliphatic carbocycles. The van der Waals surface area contributed by atoms with Gasteiger partial charge in [-0.3, -0.25) is 14.9 Å². The van der Waals surface area contributed by atoms with Crippen molar-refractivity contribution in [3.8, 4) is 11.4 Å². The average Bonchev–Trinajstić information content (AvgIpc) is 3.30. The zero-order valence-electron chi connectivity index (χ0n) is 13.8. The van der Waals surface area contributed by atoms with Crippen LogP contribution in [0.4, 0.5) is 5.69 Å². The van der Waals surface area contributed by atoms with Crippen molar-refractivity contribution in [2.45, 2.75) is 6.42 Å². The molecular weight excluding hydrogens is 314 g/mol. The van der Waals surface area contributed by atoms with Crippen LogP contribution in [0.5, 0.6) is 0 Å². The van der Waals surface area contributed by atoms with Gasteiger partial charge in [-0.05, 0) is 36.2 Å². The summed E-state index contributed by atoms with van der Waals surface area (Å²) in [5.41, 5.74) is 4.51.